The van der Waals surface area contributed by atoms with Crippen LogP contribution in [0.3, 0.4) is 0 Å². The van der Waals surface area contributed by atoms with Crippen LogP contribution in [0.4, 0.5) is 4.39 Å². The standard InChI is InChI=1S/C29H29ClFN5O5/c1-3-41-26-17(13-24(32)37)12-23(35-25(26)16-4-7-20(30)21(31)10-16)29(39,19-5-6-19)15-34-28(38)18-11-22(40-2)27-33-8-9-36(27)14-18/h4,7-12,14,19,39H,3,5-6,13,15H2,1-2H3,(H2,32,37)(H,34,38)/t29-/m1/s1. The van der Waals surface area contributed by atoms with Gasteiger partial charge in [-0.1, -0.05) is 17.7 Å². The van der Waals surface area contributed by atoms with Gasteiger partial charge in [0.2, 0.25) is 5.91 Å². The molecule has 0 bridgehead atoms. The summed E-state index contributed by atoms with van der Waals surface area (Å²) in [5, 5.41) is 14.8. The SMILES string of the molecule is CCOc1c(CC(N)=O)cc([C@@](O)(CNC(=O)c2cc(OC)c3nccn3c2)C2CC2)nc1-c1ccc(Cl)c(F)c1. The number of nitrogens with zero attached hydrogens (tertiary/aromatic N) is 3. The molecule has 3 heterocycles. The highest BCUT2D eigenvalue weighted by atomic mass is 35.5. The summed E-state index contributed by atoms with van der Waals surface area (Å²) < 4.78 is 27.4. The van der Waals surface area contributed by atoms with Crippen molar-refractivity contribution in [3.05, 3.63) is 76.6 Å². The highest BCUT2D eigenvalue weighted by Crippen LogP contribution is 2.47. The molecular formula is C29H29ClFN5O5. The third-order valence-electron chi connectivity index (χ3n) is 7.05. The van der Waals surface area contributed by atoms with Crippen LogP contribution in [0.1, 0.15) is 41.4 Å². The third kappa shape index (κ3) is 5.68. The molecule has 1 aliphatic carbocycles. The predicted octanol–water partition coefficient (Wildman–Crippen LogP) is 3.65. The minimum Gasteiger partial charge on any atom is -0.493 e. The number of amides is 2. The van der Waals surface area contributed by atoms with Crippen LogP contribution in [0.2, 0.25) is 5.02 Å². The largest absolute Gasteiger partial charge is 0.493 e. The second-order valence-corrected chi connectivity index (χ2v) is 10.3. The quantitative estimate of drug-likeness (QED) is 0.245. The Morgan fingerprint density at radius 2 is 2.07 bits per heavy atom. The van der Waals surface area contributed by atoms with Gasteiger partial charge in [0.1, 0.15) is 22.9 Å². The number of primary amides is 1. The van der Waals surface area contributed by atoms with Crippen LogP contribution in [-0.4, -0.2) is 51.6 Å². The number of hydrogen-bond donors (Lipinski definition) is 3. The molecule has 4 aromatic rings. The van der Waals surface area contributed by atoms with Gasteiger partial charge in [0.15, 0.2) is 11.4 Å². The maximum Gasteiger partial charge on any atom is 0.253 e. The maximum atomic E-state index is 14.5. The monoisotopic (exact) mass is 581 g/mol. The first-order valence-corrected chi connectivity index (χ1v) is 13.4. The summed E-state index contributed by atoms with van der Waals surface area (Å²) in [4.78, 5) is 34.2. The molecular weight excluding hydrogens is 553 g/mol. The molecule has 1 fully saturated rings. The molecule has 1 atom stereocenters. The summed E-state index contributed by atoms with van der Waals surface area (Å²) in [6.45, 7) is 1.83. The lowest BCUT2D eigenvalue weighted by molar-refractivity contribution is -0.117. The van der Waals surface area contributed by atoms with Crippen LogP contribution in [0.15, 0.2) is 48.9 Å². The number of pyridine rings is 2. The summed E-state index contributed by atoms with van der Waals surface area (Å²) in [6, 6.07) is 7.31. The molecule has 12 heteroatoms. The van der Waals surface area contributed by atoms with Crippen molar-refractivity contribution < 1.29 is 28.6 Å². The fourth-order valence-corrected chi connectivity index (χ4v) is 4.99. The molecule has 0 spiro atoms. The van der Waals surface area contributed by atoms with Gasteiger partial charge in [0, 0.05) is 29.7 Å². The highest BCUT2D eigenvalue weighted by molar-refractivity contribution is 6.30. The number of ether oxygens (including phenoxy) is 2. The van der Waals surface area contributed by atoms with E-state index in [-0.39, 0.29) is 47.7 Å². The molecule has 1 aromatic carbocycles. The molecule has 2 amide bonds. The Balaban J connectivity index is 1.55. The van der Waals surface area contributed by atoms with Crippen molar-refractivity contribution in [1.29, 1.82) is 0 Å². The van der Waals surface area contributed by atoms with E-state index < -0.39 is 23.2 Å². The summed E-state index contributed by atoms with van der Waals surface area (Å²) in [5.41, 5.74) is 5.95. The summed E-state index contributed by atoms with van der Waals surface area (Å²) in [5.74, 6) is -1.27. The highest BCUT2D eigenvalue weighted by Gasteiger charge is 2.47. The number of carbonyl (C=O) groups is 2. The lowest BCUT2D eigenvalue weighted by Gasteiger charge is -2.30. The molecule has 214 valence electrons. The van der Waals surface area contributed by atoms with Gasteiger partial charge in [-0.05, 0) is 49.9 Å². The first kappa shape index (κ1) is 28.3. The van der Waals surface area contributed by atoms with E-state index in [0.29, 0.717) is 40.9 Å². The fraction of sp³-hybridized carbons (Fsp3) is 0.310. The number of benzene rings is 1. The van der Waals surface area contributed by atoms with E-state index in [1.165, 1.54) is 19.2 Å². The van der Waals surface area contributed by atoms with Gasteiger partial charge in [0.05, 0.1) is 43.0 Å². The Labute approximate surface area is 240 Å². The first-order chi connectivity index (χ1) is 19.6. The van der Waals surface area contributed by atoms with E-state index in [1.807, 2.05) is 0 Å². The van der Waals surface area contributed by atoms with Crippen molar-refractivity contribution in [1.82, 2.24) is 19.7 Å². The number of imidazole rings is 1. The van der Waals surface area contributed by atoms with Gasteiger partial charge in [-0.25, -0.2) is 14.4 Å². The van der Waals surface area contributed by atoms with Crippen molar-refractivity contribution in [2.75, 3.05) is 20.3 Å². The lowest BCUT2D eigenvalue weighted by Crippen LogP contribution is -2.43. The van der Waals surface area contributed by atoms with Gasteiger partial charge in [-0.15, -0.1) is 0 Å². The molecule has 0 radical (unpaired) electrons. The van der Waals surface area contributed by atoms with Crippen molar-refractivity contribution >= 4 is 29.1 Å². The molecule has 5 rings (SSSR count). The Hall–Kier alpha value is -4.22. The lowest BCUT2D eigenvalue weighted by atomic mass is 9.90. The number of hydrogen-bond acceptors (Lipinski definition) is 7. The Morgan fingerprint density at radius 1 is 1.29 bits per heavy atom. The molecule has 10 nitrogen and oxygen atoms in total. The number of aliphatic hydroxyl groups is 1. The maximum absolute atomic E-state index is 14.5. The predicted molar refractivity (Wildman–Crippen MR) is 149 cm³/mol. The van der Waals surface area contributed by atoms with Gasteiger partial charge in [-0.3, -0.25) is 9.59 Å². The Kier molecular flexibility index (Phi) is 7.83. The molecule has 1 aliphatic rings. The van der Waals surface area contributed by atoms with Crippen LogP contribution in [0.25, 0.3) is 16.9 Å². The summed E-state index contributed by atoms with van der Waals surface area (Å²) in [7, 11) is 1.49. The number of methoxy groups -OCH3 is 1. The minimum atomic E-state index is -1.60. The van der Waals surface area contributed by atoms with E-state index in [4.69, 9.17) is 31.8 Å². The van der Waals surface area contributed by atoms with Crippen LogP contribution < -0.4 is 20.5 Å². The molecule has 41 heavy (non-hydrogen) atoms. The third-order valence-corrected chi connectivity index (χ3v) is 7.35. The van der Waals surface area contributed by atoms with E-state index in [9.17, 15) is 19.1 Å². The average Bonchev–Trinajstić information content (AvgIpc) is 3.70. The van der Waals surface area contributed by atoms with Crippen LogP contribution in [-0.2, 0) is 16.8 Å². The smallest absolute Gasteiger partial charge is 0.253 e. The molecule has 4 N–H and O–H groups in total. The molecule has 0 aliphatic heterocycles. The first-order valence-electron chi connectivity index (χ1n) is 13.1. The average molecular weight is 582 g/mol. The zero-order valence-electron chi connectivity index (χ0n) is 22.5. The van der Waals surface area contributed by atoms with E-state index in [1.54, 1.807) is 48.1 Å². The number of halogens is 2. The topological polar surface area (TPSA) is 141 Å². The Morgan fingerprint density at radius 3 is 2.73 bits per heavy atom. The van der Waals surface area contributed by atoms with Crippen LogP contribution in [0.5, 0.6) is 11.5 Å². The van der Waals surface area contributed by atoms with Crippen molar-refractivity contribution in [2.45, 2.75) is 31.8 Å². The Bertz CT molecular complexity index is 1640. The second kappa shape index (κ2) is 11.3. The van der Waals surface area contributed by atoms with Crippen LogP contribution >= 0.6 is 11.6 Å². The van der Waals surface area contributed by atoms with Gasteiger partial charge in [-0.2, -0.15) is 0 Å². The number of rotatable bonds is 11. The minimum absolute atomic E-state index is 0.0667. The van der Waals surface area contributed by atoms with Crippen molar-refractivity contribution in [3.8, 4) is 22.8 Å². The number of nitrogens with one attached hydrogen (secondary N) is 1. The van der Waals surface area contributed by atoms with Crippen LogP contribution in [0, 0.1) is 11.7 Å². The van der Waals surface area contributed by atoms with Gasteiger partial charge < -0.3 is 30.0 Å². The number of fused-ring (bicyclic) bond motifs is 1. The van der Waals surface area contributed by atoms with E-state index in [0.717, 1.165) is 0 Å². The molecule has 0 saturated heterocycles. The number of aromatic nitrogens is 3. The second-order valence-electron chi connectivity index (χ2n) is 9.89. The van der Waals surface area contributed by atoms with Gasteiger partial charge >= 0.3 is 0 Å². The van der Waals surface area contributed by atoms with Gasteiger partial charge in [0.25, 0.3) is 5.91 Å². The zero-order chi connectivity index (χ0) is 29.3. The zero-order valence-corrected chi connectivity index (χ0v) is 23.2. The molecule has 3 aromatic heterocycles. The molecule has 0 unspecified atom stereocenters. The van der Waals surface area contributed by atoms with E-state index in [2.05, 4.69) is 10.3 Å². The van der Waals surface area contributed by atoms with Crippen molar-refractivity contribution in [2.24, 2.45) is 11.7 Å². The van der Waals surface area contributed by atoms with E-state index >= 15 is 0 Å². The number of carbonyl (C=O) groups excluding carboxylic acids is 2. The normalized spacial score (nSPS) is 14.5. The summed E-state index contributed by atoms with van der Waals surface area (Å²) in [6.07, 6.45) is 6.10. The summed E-state index contributed by atoms with van der Waals surface area (Å²) >= 11 is 5.91. The van der Waals surface area contributed by atoms with Crippen molar-refractivity contribution in [3.63, 3.8) is 0 Å². The number of nitrogens with two attached hydrogens (primary N) is 1. The fourth-order valence-electron chi connectivity index (χ4n) is 4.87. The molecule has 1 saturated carbocycles.